The zero-order chi connectivity index (χ0) is 25.8. The van der Waals surface area contributed by atoms with Crippen LogP contribution in [0.25, 0.3) is 10.9 Å². The van der Waals surface area contributed by atoms with Crippen LogP contribution in [0.4, 0.5) is 10.1 Å². The zero-order valence-corrected chi connectivity index (χ0v) is 21.2. The summed E-state index contributed by atoms with van der Waals surface area (Å²) in [4.78, 5) is 19.0. The summed E-state index contributed by atoms with van der Waals surface area (Å²) in [7, 11) is 1.58. The molecule has 1 aliphatic carbocycles. The fourth-order valence-electron chi connectivity index (χ4n) is 4.49. The molecule has 37 heavy (non-hydrogen) atoms. The molecule has 1 unspecified atom stereocenters. The molecule has 1 aromatic heterocycles. The largest absolute Gasteiger partial charge is 0.493 e. The molecule has 196 valence electrons. The van der Waals surface area contributed by atoms with Crippen molar-refractivity contribution in [3.8, 4) is 23.0 Å². The Morgan fingerprint density at radius 3 is 2.68 bits per heavy atom. The number of nitrogens with one attached hydrogen (secondary N) is 1. The van der Waals surface area contributed by atoms with E-state index < -0.39 is 5.82 Å². The topological polar surface area (TPSA) is 82.2 Å². The lowest BCUT2D eigenvalue weighted by molar-refractivity contribution is -0.117. The van der Waals surface area contributed by atoms with Gasteiger partial charge in [0.15, 0.2) is 23.1 Å². The quantitative estimate of drug-likeness (QED) is 0.391. The molecule has 2 atom stereocenters. The Kier molecular flexibility index (Phi) is 7.71. The molecule has 5 rings (SSSR count). The predicted octanol–water partition coefficient (Wildman–Crippen LogP) is 4.87. The molecule has 0 bridgehead atoms. The molecule has 1 saturated carbocycles. The summed E-state index contributed by atoms with van der Waals surface area (Å²) >= 11 is 0. The van der Waals surface area contributed by atoms with Crippen molar-refractivity contribution in [3.05, 3.63) is 48.4 Å². The molecule has 1 N–H and O–H groups in total. The van der Waals surface area contributed by atoms with Gasteiger partial charge in [-0.1, -0.05) is 6.92 Å². The highest BCUT2D eigenvalue weighted by Crippen LogP contribution is 2.39. The number of morpholine rings is 1. The van der Waals surface area contributed by atoms with E-state index in [1.807, 2.05) is 13.0 Å². The lowest BCUT2D eigenvalue weighted by atomic mass is 10.1. The number of halogens is 1. The minimum Gasteiger partial charge on any atom is -0.493 e. The van der Waals surface area contributed by atoms with Crippen molar-refractivity contribution in [1.29, 1.82) is 0 Å². The van der Waals surface area contributed by atoms with Crippen molar-refractivity contribution in [2.75, 3.05) is 51.9 Å². The molecule has 0 radical (unpaired) electrons. The molecular weight excluding hydrogens is 477 g/mol. The molecule has 1 amide bonds. The number of pyridine rings is 1. The molecule has 2 fully saturated rings. The van der Waals surface area contributed by atoms with Gasteiger partial charge in [0.05, 0.1) is 32.4 Å². The third-order valence-electron chi connectivity index (χ3n) is 6.83. The van der Waals surface area contributed by atoms with Crippen molar-refractivity contribution in [1.82, 2.24) is 9.88 Å². The van der Waals surface area contributed by atoms with Gasteiger partial charge >= 0.3 is 0 Å². The molecule has 8 nitrogen and oxygen atoms in total. The van der Waals surface area contributed by atoms with Crippen molar-refractivity contribution in [2.24, 2.45) is 11.8 Å². The first-order valence-corrected chi connectivity index (χ1v) is 12.7. The highest BCUT2D eigenvalue weighted by molar-refractivity contribution is 5.94. The van der Waals surface area contributed by atoms with Crippen LogP contribution in [-0.4, -0.2) is 62.4 Å². The number of amides is 1. The Bertz CT molecular complexity index is 1260. The lowest BCUT2D eigenvalue weighted by Crippen LogP contribution is -2.37. The number of hydrogen-bond donors (Lipinski definition) is 1. The van der Waals surface area contributed by atoms with Gasteiger partial charge < -0.3 is 24.3 Å². The number of carbonyl (C=O) groups is 1. The van der Waals surface area contributed by atoms with Crippen molar-refractivity contribution in [3.63, 3.8) is 0 Å². The number of aromatic nitrogens is 1. The first-order chi connectivity index (χ1) is 18.0. The van der Waals surface area contributed by atoms with Gasteiger partial charge in [0.25, 0.3) is 0 Å². The first kappa shape index (κ1) is 25.2. The Morgan fingerprint density at radius 2 is 1.95 bits per heavy atom. The molecular formula is C28H32FN3O5. The summed E-state index contributed by atoms with van der Waals surface area (Å²) in [6.07, 6.45) is 3.36. The Hall–Kier alpha value is -3.43. The molecule has 0 spiro atoms. The number of rotatable bonds is 10. The van der Waals surface area contributed by atoms with Crippen LogP contribution in [-0.2, 0) is 9.53 Å². The van der Waals surface area contributed by atoms with E-state index in [1.54, 1.807) is 31.5 Å². The summed E-state index contributed by atoms with van der Waals surface area (Å²) in [6, 6.07) is 9.69. The van der Waals surface area contributed by atoms with E-state index in [9.17, 15) is 9.18 Å². The van der Waals surface area contributed by atoms with Crippen molar-refractivity contribution in [2.45, 2.75) is 19.8 Å². The van der Waals surface area contributed by atoms with Crippen LogP contribution in [0.1, 0.15) is 19.8 Å². The predicted molar refractivity (Wildman–Crippen MR) is 138 cm³/mol. The maximum atomic E-state index is 14.8. The number of hydrogen-bond acceptors (Lipinski definition) is 7. The first-order valence-electron chi connectivity index (χ1n) is 12.7. The molecule has 1 saturated heterocycles. The van der Waals surface area contributed by atoms with Gasteiger partial charge in [0.2, 0.25) is 5.91 Å². The van der Waals surface area contributed by atoms with Crippen molar-refractivity contribution < 1.29 is 28.1 Å². The van der Waals surface area contributed by atoms with E-state index in [-0.39, 0.29) is 17.6 Å². The average molecular weight is 510 g/mol. The van der Waals surface area contributed by atoms with Crippen molar-refractivity contribution >= 4 is 22.5 Å². The molecule has 2 heterocycles. The van der Waals surface area contributed by atoms with Crippen LogP contribution >= 0.6 is 0 Å². The number of anilines is 1. The molecule has 9 heteroatoms. The van der Waals surface area contributed by atoms with Gasteiger partial charge in [0.1, 0.15) is 5.75 Å². The summed E-state index contributed by atoms with van der Waals surface area (Å²) in [6.45, 7) is 6.97. The van der Waals surface area contributed by atoms with Gasteiger partial charge in [0, 0.05) is 55.0 Å². The summed E-state index contributed by atoms with van der Waals surface area (Å²) < 4.78 is 37.7. The van der Waals surface area contributed by atoms with E-state index in [1.165, 1.54) is 12.1 Å². The Morgan fingerprint density at radius 1 is 1.14 bits per heavy atom. The van der Waals surface area contributed by atoms with E-state index in [2.05, 4.69) is 15.2 Å². The van der Waals surface area contributed by atoms with Crippen LogP contribution in [0.3, 0.4) is 0 Å². The molecule has 2 aliphatic rings. The highest BCUT2D eigenvalue weighted by Gasteiger charge is 2.39. The number of methoxy groups -OCH3 is 1. The second-order valence-corrected chi connectivity index (χ2v) is 9.54. The van der Waals surface area contributed by atoms with E-state index >= 15 is 0 Å². The average Bonchev–Trinajstić information content (AvgIpc) is 3.65. The molecule has 1 aliphatic heterocycles. The maximum Gasteiger partial charge on any atom is 0.227 e. The number of fused-ring (bicyclic) bond motifs is 1. The number of ether oxygens (including phenoxy) is 4. The SMILES string of the molecule is COc1cc2c(Oc3ccc(NC(=O)C4C[C@H]4C)cc3F)ccnc2cc1OCCCN1CCOCC1. The third kappa shape index (κ3) is 6.11. The van der Waals surface area contributed by atoms with Gasteiger partial charge in [-0.25, -0.2) is 4.39 Å². The molecule has 2 aromatic carbocycles. The molecule has 3 aromatic rings. The number of carbonyl (C=O) groups excluding carboxylic acids is 1. The van der Waals surface area contributed by atoms with Crippen LogP contribution in [0, 0.1) is 17.7 Å². The van der Waals surface area contributed by atoms with Crippen LogP contribution < -0.4 is 19.5 Å². The fraction of sp³-hybridized carbons (Fsp3) is 0.429. The Balaban J connectivity index is 1.27. The van der Waals surface area contributed by atoms with Gasteiger partial charge in [-0.05, 0) is 43.0 Å². The van der Waals surface area contributed by atoms with Crippen LogP contribution in [0.2, 0.25) is 0 Å². The summed E-state index contributed by atoms with van der Waals surface area (Å²) in [5.41, 5.74) is 1.05. The fourth-order valence-corrected chi connectivity index (χ4v) is 4.49. The normalized spacial score (nSPS) is 19.4. The van der Waals surface area contributed by atoms with E-state index in [0.717, 1.165) is 45.7 Å². The Labute approximate surface area is 215 Å². The highest BCUT2D eigenvalue weighted by atomic mass is 19.1. The van der Waals surface area contributed by atoms with Gasteiger partial charge in [-0.15, -0.1) is 0 Å². The summed E-state index contributed by atoms with van der Waals surface area (Å²) in [5, 5.41) is 3.44. The second kappa shape index (κ2) is 11.3. The minimum absolute atomic E-state index is 0.00999. The van der Waals surface area contributed by atoms with Gasteiger partial charge in [-0.3, -0.25) is 14.7 Å². The number of nitrogens with zero attached hydrogens (tertiary/aromatic N) is 2. The standard InChI is InChI=1S/C28H32FN3O5/c1-18-14-20(18)28(33)31-19-4-5-25(22(29)15-19)37-24-6-7-30-23-17-27(26(34-2)16-21(23)24)36-11-3-8-32-9-12-35-13-10-32/h4-7,15-18,20H,3,8-14H2,1-2H3,(H,31,33)/t18-,20?/m1/s1. The zero-order valence-electron chi connectivity index (χ0n) is 21.2. The lowest BCUT2D eigenvalue weighted by Gasteiger charge is -2.26. The number of benzene rings is 2. The van der Waals surface area contributed by atoms with Crippen LogP contribution in [0.15, 0.2) is 42.6 Å². The summed E-state index contributed by atoms with van der Waals surface area (Å²) in [5.74, 6) is 1.37. The third-order valence-corrected chi connectivity index (χ3v) is 6.83. The monoisotopic (exact) mass is 509 g/mol. The smallest absolute Gasteiger partial charge is 0.227 e. The maximum absolute atomic E-state index is 14.8. The minimum atomic E-state index is -0.571. The van der Waals surface area contributed by atoms with Crippen LogP contribution in [0.5, 0.6) is 23.0 Å². The van der Waals surface area contributed by atoms with Gasteiger partial charge in [-0.2, -0.15) is 0 Å². The van der Waals surface area contributed by atoms with E-state index in [4.69, 9.17) is 18.9 Å². The second-order valence-electron chi connectivity index (χ2n) is 9.54. The van der Waals surface area contributed by atoms with E-state index in [0.29, 0.717) is 46.4 Å².